The highest BCUT2D eigenvalue weighted by Gasteiger charge is 2.29. The van der Waals surface area contributed by atoms with Crippen molar-refractivity contribution in [2.45, 2.75) is 16.6 Å². The topological polar surface area (TPSA) is 72.5 Å². The lowest BCUT2D eigenvalue weighted by Gasteiger charge is -2.23. The van der Waals surface area contributed by atoms with Gasteiger partial charge in [-0.2, -0.15) is 0 Å². The van der Waals surface area contributed by atoms with Gasteiger partial charge in [0.25, 0.3) is 0 Å². The average Bonchev–Trinajstić information content (AvgIpc) is 2.60. The third-order valence-electron chi connectivity index (χ3n) is 3.57. The first kappa shape index (κ1) is 17.5. The predicted molar refractivity (Wildman–Crippen MR) is 96.1 cm³/mol. The fraction of sp³-hybridized carbons (Fsp3) is 0.167. The molecule has 0 aliphatic carbocycles. The van der Waals surface area contributed by atoms with E-state index in [2.05, 4.69) is 5.32 Å². The third-order valence-corrected chi connectivity index (χ3v) is 5.08. The summed E-state index contributed by atoms with van der Waals surface area (Å²) >= 11 is 7.14. The van der Waals surface area contributed by atoms with Crippen molar-refractivity contribution in [1.29, 1.82) is 0 Å². The third kappa shape index (κ3) is 4.41. The van der Waals surface area contributed by atoms with E-state index in [1.54, 1.807) is 24.3 Å². The van der Waals surface area contributed by atoms with Crippen LogP contribution in [0.3, 0.4) is 0 Å². The molecule has 3 rings (SSSR count). The van der Waals surface area contributed by atoms with Gasteiger partial charge in [0.15, 0.2) is 12.4 Å². The highest BCUT2D eigenvalue weighted by molar-refractivity contribution is 8.01. The Bertz CT molecular complexity index is 839. The number of para-hydroxylation sites is 1. The van der Waals surface area contributed by atoms with E-state index in [0.29, 0.717) is 10.6 Å². The molecule has 0 saturated carbocycles. The standard InChI is InChI=1S/C18H14ClNO4S/c19-12-5-3-4-11(8-12)14(21)10-24-17(22)9-16-18(23)20-13-6-1-2-7-15(13)25-16/h1-8,16H,9-10H2,(H,20,23)/t16-/m0/s1. The SMILES string of the molecule is O=C(C[C@@H]1Sc2ccccc2NC1=O)OCC(=O)c1cccc(Cl)c1. The van der Waals surface area contributed by atoms with Crippen LogP contribution < -0.4 is 5.32 Å². The minimum absolute atomic E-state index is 0.104. The summed E-state index contributed by atoms with van der Waals surface area (Å²) in [6, 6.07) is 13.8. The number of amides is 1. The van der Waals surface area contributed by atoms with Crippen LogP contribution in [-0.2, 0) is 14.3 Å². The molecule has 0 aromatic heterocycles. The number of benzene rings is 2. The first-order valence-corrected chi connectivity index (χ1v) is 8.79. The van der Waals surface area contributed by atoms with Gasteiger partial charge >= 0.3 is 5.97 Å². The predicted octanol–water partition coefficient (Wildman–Crippen LogP) is 3.57. The van der Waals surface area contributed by atoms with Crippen LogP contribution in [0.25, 0.3) is 0 Å². The highest BCUT2D eigenvalue weighted by atomic mass is 35.5. The van der Waals surface area contributed by atoms with Crippen LogP contribution in [0.2, 0.25) is 5.02 Å². The van der Waals surface area contributed by atoms with Gasteiger partial charge in [0.05, 0.1) is 17.4 Å². The van der Waals surface area contributed by atoms with E-state index in [1.165, 1.54) is 17.8 Å². The van der Waals surface area contributed by atoms with Crippen molar-refractivity contribution in [1.82, 2.24) is 0 Å². The molecule has 7 heteroatoms. The van der Waals surface area contributed by atoms with Gasteiger partial charge < -0.3 is 10.1 Å². The van der Waals surface area contributed by atoms with Crippen molar-refractivity contribution < 1.29 is 19.1 Å². The number of carbonyl (C=O) groups excluding carboxylic acids is 3. The molecule has 0 saturated heterocycles. The Balaban J connectivity index is 1.54. The number of anilines is 1. The fourth-order valence-electron chi connectivity index (χ4n) is 2.33. The van der Waals surface area contributed by atoms with Crippen molar-refractivity contribution >= 4 is 46.7 Å². The van der Waals surface area contributed by atoms with Gasteiger partial charge in [0.1, 0.15) is 0 Å². The lowest BCUT2D eigenvalue weighted by molar-refractivity contribution is -0.143. The van der Waals surface area contributed by atoms with Gasteiger partial charge in [0, 0.05) is 15.5 Å². The van der Waals surface area contributed by atoms with Gasteiger partial charge in [-0.3, -0.25) is 14.4 Å². The van der Waals surface area contributed by atoms with Crippen LogP contribution in [-0.4, -0.2) is 29.5 Å². The first-order chi connectivity index (χ1) is 12.0. The van der Waals surface area contributed by atoms with Crippen molar-refractivity contribution in [2.75, 3.05) is 11.9 Å². The van der Waals surface area contributed by atoms with Gasteiger partial charge in [-0.25, -0.2) is 0 Å². The Labute approximate surface area is 153 Å². The summed E-state index contributed by atoms with van der Waals surface area (Å²) in [4.78, 5) is 36.9. The Morgan fingerprint density at radius 3 is 2.76 bits per heavy atom. The van der Waals surface area contributed by atoms with Gasteiger partial charge in [-0.1, -0.05) is 35.9 Å². The second-order valence-electron chi connectivity index (χ2n) is 5.39. The Hall–Kier alpha value is -2.31. The maximum absolute atomic E-state index is 12.1. The van der Waals surface area contributed by atoms with Crippen molar-refractivity contribution in [2.24, 2.45) is 0 Å². The van der Waals surface area contributed by atoms with Crippen LogP contribution >= 0.6 is 23.4 Å². The molecule has 128 valence electrons. The van der Waals surface area contributed by atoms with Crippen LogP contribution in [0, 0.1) is 0 Å². The van der Waals surface area contributed by atoms with Crippen LogP contribution in [0.15, 0.2) is 53.4 Å². The number of Topliss-reactive ketones (excluding diaryl/α,β-unsaturated/α-hetero) is 1. The average molecular weight is 376 g/mol. The number of nitrogens with one attached hydrogen (secondary N) is 1. The summed E-state index contributed by atoms with van der Waals surface area (Å²) in [7, 11) is 0. The molecule has 1 aliphatic rings. The van der Waals surface area contributed by atoms with E-state index in [4.69, 9.17) is 16.3 Å². The molecule has 1 amide bonds. The van der Waals surface area contributed by atoms with Crippen molar-refractivity contribution in [3.63, 3.8) is 0 Å². The van der Waals surface area contributed by atoms with Crippen LogP contribution in [0.1, 0.15) is 16.8 Å². The molecule has 1 heterocycles. The maximum atomic E-state index is 12.1. The number of carbonyl (C=O) groups is 3. The molecule has 2 aromatic carbocycles. The zero-order chi connectivity index (χ0) is 17.8. The Morgan fingerprint density at radius 2 is 1.96 bits per heavy atom. The number of thioether (sulfide) groups is 1. The summed E-state index contributed by atoms with van der Waals surface area (Å²) in [5, 5.41) is 2.62. The number of fused-ring (bicyclic) bond motifs is 1. The smallest absolute Gasteiger partial charge is 0.307 e. The van der Waals surface area contributed by atoms with Crippen LogP contribution in [0.5, 0.6) is 0 Å². The molecule has 1 N–H and O–H groups in total. The fourth-order valence-corrected chi connectivity index (χ4v) is 3.61. The quantitative estimate of drug-likeness (QED) is 0.639. The van der Waals surface area contributed by atoms with Gasteiger partial charge in [-0.05, 0) is 24.3 Å². The molecule has 0 radical (unpaired) electrons. The summed E-state index contributed by atoms with van der Waals surface area (Å²) in [6.07, 6.45) is -0.104. The largest absolute Gasteiger partial charge is 0.457 e. The van der Waals surface area contributed by atoms with Gasteiger partial charge in [0.2, 0.25) is 5.91 Å². The van der Waals surface area contributed by atoms with Crippen molar-refractivity contribution in [3.05, 3.63) is 59.1 Å². The lowest BCUT2D eigenvalue weighted by Crippen LogP contribution is -2.31. The molecule has 2 aromatic rings. The Morgan fingerprint density at radius 1 is 1.16 bits per heavy atom. The number of halogens is 1. The number of esters is 1. The number of hydrogen-bond acceptors (Lipinski definition) is 5. The number of rotatable bonds is 5. The first-order valence-electron chi connectivity index (χ1n) is 7.54. The van der Waals surface area contributed by atoms with E-state index in [0.717, 1.165) is 10.6 Å². The zero-order valence-corrected chi connectivity index (χ0v) is 14.6. The van der Waals surface area contributed by atoms with Crippen LogP contribution in [0.4, 0.5) is 5.69 Å². The molecule has 0 spiro atoms. The minimum Gasteiger partial charge on any atom is -0.457 e. The van der Waals surface area contributed by atoms with E-state index in [-0.39, 0.29) is 24.7 Å². The summed E-state index contributed by atoms with van der Waals surface area (Å²) < 4.78 is 5.01. The molecule has 1 aliphatic heterocycles. The monoisotopic (exact) mass is 375 g/mol. The molecule has 0 unspecified atom stereocenters. The molecule has 0 fully saturated rings. The number of hydrogen-bond donors (Lipinski definition) is 1. The summed E-state index contributed by atoms with van der Waals surface area (Å²) in [5.41, 5.74) is 1.11. The van der Waals surface area contributed by atoms with E-state index in [9.17, 15) is 14.4 Å². The second-order valence-corrected chi connectivity index (χ2v) is 7.07. The van der Waals surface area contributed by atoms with E-state index < -0.39 is 11.2 Å². The summed E-state index contributed by atoms with van der Waals surface area (Å²) in [5.74, 6) is -1.19. The lowest BCUT2D eigenvalue weighted by atomic mass is 10.1. The second kappa shape index (κ2) is 7.72. The van der Waals surface area contributed by atoms with E-state index in [1.807, 2.05) is 18.2 Å². The molecular formula is C18H14ClNO4S. The summed E-state index contributed by atoms with van der Waals surface area (Å²) in [6.45, 7) is -0.380. The van der Waals surface area contributed by atoms with Crippen molar-refractivity contribution in [3.8, 4) is 0 Å². The Kier molecular flexibility index (Phi) is 5.40. The molecule has 25 heavy (non-hydrogen) atoms. The molecular weight excluding hydrogens is 362 g/mol. The van der Waals surface area contributed by atoms with Gasteiger partial charge in [-0.15, -0.1) is 11.8 Å². The normalized spacial score (nSPS) is 15.9. The molecule has 1 atom stereocenters. The number of ketones is 1. The zero-order valence-electron chi connectivity index (χ0n) is 13.0. The van der Waals surface area contributed by atoms with E-state index >= 15 is 0 Å². The minimum atomic E-state index is -0.595. The maximum Gasteiger partial charge on any atom is 0.307 e. The number of ether oxygens (including phenoxy) is 1. The highest BCUT2D eigenvalue weighted by Crippen LogP contribution is 2.36. The molecule has 0 bridgehead atoms. The molecule has 5 nitrogen and oxygen atoms in total.